The first-order valence-electron chi connectivity index (χ1n) is 8.03. The molecule has 1 rings (SSSR count). The van der Waals surface area contributed by atoms with Crippen molar-refractivity contribution in [3.8, 4) is 6.07 Å². The maximum Gasteiger partial charge on any atom is 0.144 e. The van der Waals surface area contributed by atoms with Gasteiger partial charge in [0.15, 0.2) is 0 Å². The highest BCUT2D eigenvalue weighted by Gasteiger charge is 2.32. The summed E-state index contributed by atoms with van der Waals surface area (Å²) in [6.45, 7) is 9.40. The molecule has 0 radical (unpaired) electrons. The van der Waals surface area contributed by atoms with Gasteiger partial charge in [-0.25, -0.2) is 0 Å². The summed E-state index contributed by atoms with van der Waals surface area (Å²) in [5.74, 6) is 0.703. The van der Waals surface area contributed by atoms with Gasteiger partial charge in [0.2, 0.25) is 0 Å². The summed E-state index contributed by atoms with van der Waals surface area (Å²) in [5, 5.41) is 13.0. The van der Waals surface area contributed by atoms with Gasteiger partial charge in [0, 0.05) is 13.1 Å². The normalized spacial score (nSPS) is 14.1. The third kappa shape index (κ3) is 4.56. The Morgan fingerprint density at radius 1 is 1.19 bits per heavy atom. The van der Waals surface area contributed by atoms with E-state index >= 15 is 0 Å². The Bertz CT molecular complexity index is 434. The molecule has 0 saturated heterocycles. The zero-order valence-corrected chi connectivity index (χ0v) is 13.9. The van der Waals surface area contributed by atoms with Crippen molar-refractivity contribution in [3.05, 3.63) is 35.9 Å². The summed E-state index contributed by atoms with van der Waals surface area (Å²) in [7, 11) is 1.88. The molecule has 1 unspecified atom stereocenters. The summed E-state index contributed by atoms with van der Waals surface area (Å²) in [6.07, 6.45) is 2.38. The Morgan fingerprint density at radius 3 is 2.24 bits per heavy atom. The molecule has 0 heterocycles. The second-order valence-corrected chi connectivity index (χ2v) is 5.64. The molecule has 0 amide bonds. The minimum absolute atomic E-state index is 0.636. The van der Waals surface area contributed by atoms with E-state index in [0.29, 0.717) is 5.92 Å². The van der Waals surface area contributed by atoms with Gasteiger partial charge in [0.25, 0.3) is 0 Å². The maximum atomic E-state index is 9.78. The fourth-order valence-corrected chi connectivity index (χ4v) is 2.75. The average Bonchev–Trinajstić information content (AvgIpc) is 2.56. The molecule has 116 valence electrons. The molecular weight excluding hydrogens is 258 g/mol. The molecule has 1 aromatic carbocycles. The van der Waals surface area contributed by atoms with Gasteiger partial charge in [-0.3, -0.25) is 5.32 Å². The van der Waals surface area contributed by atoms with Gasteiger partial charge in [-0.05, 0) is 25.1 Å². The van der Waals surface area contributed by atoms with Crippen LogP contribution in [0.5, 0.6) is 0 Å². The van der Waals surface area contributed by atoms with Crippen LogP contribution in [0.1, 0.15) is 39.2 Å². The van der Waals surface area contributed by atoms with Crippen molar-refractivity contribution in [3.63, 3.8) is 0 Å². The molecule has 3 nitrogen and oxygen atoms in total. The van der Waals surface area contributed by atoms with Gasteiger partial charge in [0.05, 0.1) is 6.07 Å². The van der Waals surface area contributed by atoms with Crippen molar-refractivity contribution < 1.29 is 0 Å². The SMILES string of the molecule is CCC(CC)CN(CC)CC(C#N)(NC)c1ccccc1. The molecule has 0 aliphatic heterocycles. The average molecular weight is 287 g/mol. The van der Waals surface area contributed by atoms with Gasteiger partial charge in [0.1, 0.15) is 5.54 Å². The molecule has 21 heavy (non-hydrogen) atoms. The van der Waals surface area contributed by atoms with Crippen LogP contribution < -0.4 is 5.32 Å². The molecule has 0 aromatic heterocycles. The van der Waals surface area contributed by atoms with E-state index in [1.807, 2.05) is 37.4 Å². The first-order valence-corrected chi connectivity index (χ1v) is 8.03. The second-order valence-electron chi connectivity index (χ2n) is 5.64. The Kier molecular flexibility index (Phi) is 7.42. The smallest absolute Gasteiger partial charge is 0.144 e. The van der Waals surface area contributed by atoms with Crippen LogP contribution in [0.15, 0.2) is 30.3 Å². The van der Waals surface area contributed by atoms with Crippen molar-refractivity contribution in [2.24, 2.45) is 5.92 Å². The molecule has 1 aromatic rings. The van der Waals surface area contributed by atoms with Crippen LogP contribution >= 0.6 is 0 Å². The van der Waals surface area contributed by atoms with E-state index < -0.39 is 5.54 Å². The molecule has 0 fully saturated rings. The summed E-state index contributed by atoms with van der Waals surface area (Å²) in [6, 6.07) is 12.5. The highest BCUT2D eigenvalue weighted by atomic mass is 15.2. The quantitative estimate of drug-likeness (QED) is 0.757. The molecule has 1 atom stereocenters. The predicted molar refractivity (Wildman–Crippen MR) is 89.0 cm³/mol. The van der Waals surface area contributed by atoms with E-state index in [4.69, 9.17) is 0 Å². The second kappa shape index (κ2) is 8.81. The number of rotatable bonds is 9. The largest absolute Gasteiger partial charge is 0.300 e. The van der Waals surface area contributed by atoms with Crippen LogP contribution in [0, 0.1) is 17.2 Å². The van der Waals surface area contributed by atoms with Crippen LogP contribution in [-0.2, 0) is 5.54 Å². The summed E-state index contributed by atoms with van der Waals surface area (Å²) >= 11 is 0. The van der Waals surface area contributed by atoms with Gasteiger partial charge >= 0.3 is 0 Å². The number of nitrogens with zero attached hydrogens (tertiary/aromatic N) is 2. The van der Waals surface area contributed by atoms with E-state index in [-0.39, 0.29) is 0 Å². The van der Waals surface area contributed by atoms with Crippen molar-refractivity contribution in [1.29, 1.82) is 5.26 Å². The summed E-state index contributed by atoms with van der Waals surface area (Å²) in [4.78, 5) is 2.39. The number of hydrogen-bond donors (Lipinski definition) is 1. The van der Waals surface area contributed by atoms with Crippen molar-refractivity contribution in [2.75, 3.05) is 26.7 Å². The van der Waals surface area contributed by atoms with E-state index in [9.17, 15) is 5.26 Å². The fraction of sp³-hybridized carbons (Fsp3) is 0.611. The van der Waals surface area contributed by atoms with E-state index in [2.05, 4.69) is 37.1 Å². The lowest BCUT2D eigenvalue weighted by atomic mass is 9.90. The third-order valence-electron chi connectivity index (χ3n) is 4.46. The van der Waals surface area contributed by atoms with Crippen molar-refractivity contribution >= 4 is 0 Å². The minimum atomic E-state index is -0.636. The Labute approximate surface area is 130 Å². The Morgan fingerprint density at radius 2 is 1.81 bits per heavy atom. The van der Waals surface area contributed by atoms with Crippen molar-refractivity contribution in [2.45, 2.75) is 39.2 Å². The lowest BCUT2D eigenvalue weighted by Crippen LogP contribution is -2.49. The molecule has 0 aliphatic rings. The van der Waals surface area contributed by atoms with Gasteiger partial charge in [-0.1, -0.05) is 63.9 Å². The van der Waals surface area contributed by atoms with Crippen molar-refractivity contribution in [1.82, 2.24) is 10.2 Å². The first-order chi connectivity index (χ1) is 10.2. The zero-order chi connectivity index (χ0) is 15.7. The molecular formula is C18H29N3. The molecule has 0 saturated carbocycles. The Balaban J connectivity index is 2.94. The highest BCUT2D eigenvalue weighted by Crippen LogP contribution is 2.22. The maximum absolute atomic E-state index is 9.78. The molecule has 0 bridgehead atoms. The van der Waals surface area contributed by atoms with E-state index in [1.165, 1.54) is 12.8 Å². The van der Waals surface area contributed by atoms with Crippen LogP contribution in [0.25, 0.3) is 0 Å². The van der Waals surface area contributed by atoms with Gasteiger partial charge in [-0.15, -0.1) is 0 Å². The number of hydrogen-bond acceptors (Lipinski definition) is 3. The van der Waals surface area contributed by atoms with Gasteiger partial charge in [-0.2, -0.15) is 5.26 Å². The molecule has 3 heteroatoms. The Hall–Kier alpha value is -1.37. The fourth-order valence-electron chi connectivity index (χ4n) is 2.75. The number of nitrogens with one attached hydrogen (secondary N) is 1. The predicted octanol–water partition coefficient (Wildman–Crippen LogP) is 3.38. The summed E-state index contributed by atoms with van der Waals surface area (Å²) in [5.41, 5.74) is 0.404. The zero-order valence-electron chi connectivity index (χ0n) is 13.9. The van der Waals surface area contributed by atoms with E-state index in [1.54, 1.807) is 0 Å². The molecule has 1 N–H and O–H groups in total. The number of nitriles is 1. The van der Waals surface area contributed by atoms with Gasteiger partial charge < -0.3 is 4.90 Å². The first kappa shape index (κ1) is 17.7. The summed E-state index contributed by atoms with van der Waals surface area (Å²) < 4.78 is 0. The molecule has 0 aliphatic carbocycles. The van der Waals surface area contributed by atoms with Crippen LogP contribution in [-0.4, -0.2) is 31.6 Å². The number of likely N-dealkylation sites (N-methyl/N-ethyl adjacent to an activating group) is 2. The topological polar surface area (TPSA) is 39.1 Å². The highest BCUT2D eigenvalue weighted by molar-refractivity contribution is 5.31. The van der Waals surface area contributed by atoms with Crippen LogP contribution in [0.3, 0.4) is 0 Å². The number of benzene rings is 1. The van der Waals surface area contributed by atoms with E-state index in [0.717, 1.165) is 25.2 Å². The van der Waals surface area contributed by atoms with Crippen LogP contribution in [0.2, 0.25) is 0 Å². The third-order valence-corrected chi connectivity index (χ3v) is 4.46. The lowest BCUT2D eigenvalue weighted by molar-refractivity contribution is 0.191. The lowest BCUT2D eigenvalue weighted by Gasteiger charge is -2.34. The minimum Gasteiger partial charge on any atom is -0.300 e. The standard InChI is InChI=1S/C18H29N3/c1-5-16(6-2)13-21(7-3)15-18(14-19,20-4)17-11-9-8-10-12-17/h8-12,16,20H,5-7,13,15H2,1-4H3. The van der Waals surface area contributed by atoms with Crippen LogP contribution in [0.4, 0.5) is 0 Å². The molecule has 0 spiro atoms. The monoisotopic (exact) mass is 287 g/mol.